The van der Waals surface area contributed by atoms with E-state index in [1.54, 1.807) is 0 Å². The van der Waals surface area contributed by atoms with E-state index in [0.717, 1.165) is 5.56 Å². The fourth-order valence-corrected chi connectivity index (χ4v) is 1.72. The zero-order chi connectivity index (χ0) is 12.3. The molecule has 0 unspecified atom stereocenters. The van der Waals surface area contributed by atoms with Gasteiger partial charge in [0.15, 0.2) is 0 Å². The quantitative estimate of drug-likeness (QED) is 0.816. The lowest BCUT2D eigenvalue weighted by molar-refractivity contribution is 0.628. The van der Waals surface area contributed by atoms with Gasteiger partial charge in [0.2, 0.25) is 0 Å². The van der Waals surface area contributed by atoms with Gasteiger partial charge in [0.05, 0.1) is 11.4 Å². The van der Waals surface area contributed by atoms with Crippen molar-refractivity contribution in [2.24, 2.45) is 0 Å². The number of hydrogen-bond acceptors (Lipinski definition) is 2. The second kappa shape index (κ2) is 5.06. The number of nitrogens with one attached hydrogen (secondary N) is 1. The standard InChI is InChI=1S/C13H12ClFN2/c14-11-4-2-1-3-9(11)8-17-13-7-10(15)5-6-12(13)16/h1-7,17H,8,16H2. The Morgan fingerprint density at radius 1 is 1.18 bits per heavy atom. The van der Waals surface area contributed by atoms with E-state index in [9.17, 15) is 4.39 Å². The van der Waals surface area contributed by atoms with E-state index < -0.39 is 0 Å². The van der Waals surface area contributed by atoms with Crippen LogP contribution in [-0.2, 0) is 6.54 Å². The van der Waals surface area contributed by atoms with Gasteiger partial charge < -0.3 is 11.1 Å². The topological polar surface area (TPSA) is 38.0 Å². The second-order valence-electron chi connectivity index (χ2n) is 3.68. The lowest BCUT2D eigenvalue weighted by Gasteiger charge is -2.10. The summed E-state index contributed by atoms with van der Waals surface area (Å²) in [6, 6.07) is 11.7. The summed E-state index contributed by atoms with van der Waals surface area (Å²) in [6.45, 7) is 0.507. The number of hydrogen-bond donors (Lipinski definition) is 2. The van der Waals surface area contributed by atoms with Crippen LogP contribution in [0.1, 0.15) is 5.56 Å². The van der Waals surface area contributed by atoms with Crippen molar-refractivity contribution in [1.29, 1.82) is 0 Å². The highest BCUT2D eigenvalue weighted by Crippen LogP contribution is 2.22. The number of rotatable bonds is 3. The average molecular weight is 251 g/mol. The third-order valence-corrected chi connectivity index (χ3v) is 2.81. The van der Waals surface area contributed by atoms with Crippen molar-refractivity contribution >= 4 is 23.0 Å². The molecular weight excluding hydrogens is 239 g/mol. The zero-order valence-corrected chi connectivity index (χ0v) is 9.84. The van der Waals surface area contributed by atoms with Gasteiger partial charge in [0.25, 0.3) is 0 Å². The molecule has 0 saturated heterocycles. The summed E-state index contributed by atoms with van der Waals surface area (Å²) >= 11 is 6.02. The third kappa shape index (κ3) is 2.88. The fraction of sp³-hybridized carbons (Fsp3) is 0.0769. The summed E-state index contributed by atoms with van der Waals surface area (Å²) in [7, 11) is 0. The Morgan fingerprint density at radius 2 is 1.94 bits per heavy atom. The first-order chi connectivity index (χ1) is 8.16. The molecule has 0 radical (unpaired) electrons. The molecule has 0 aliphatic heterocycles. The van der Waals surface area contributed by atoms with Crippen molar-refractivity contribution in [1.82, 2.24) is 0 Å². The average Bonchev–Trinajstić information content (AvgIpc) is 2.32. The smallest absolute Gasteiger partial charge is 0.125 e. The first-order valence-electron chi connectivity index (χ1n) is 5.19. The Balaban J connectivity index is 2.12. The predicted octanol–water partition coefficient (Wildman–Crippen LogP) is 3.67. The minimum Gasteiger partial charge on any atom is -0.397 e. The van der Waals surface area contributed by atoms with Crippen molar-refractivity contribution in [3.05, 3.63) is 58.9 Å². The Bertz CT molecular complexity index is 529. The van der Waals surface area contributed by atoms with Crippen LogP contribution in [-0.4, -0.2) is 0 Å². The molecule has 0 aliphatic rings. The van der Waals surface area contributed by atoms with Gasteiger partial charge in [-0.05, 0) is 29.8 Å². The molecular formula is C13H12ClFN2. The van der Waals surface area contributed by atoms with Crippen LogP contribution in [0.2, 0.25) is 5.02 Å². The SMILES string of the molecule is Nc1ccc(F)cc1NCc1ccccc1Cl. The number of anilines is 2. The van der Waals surface area contributed by atoms with Gasteiger partial charge >= 0.3 is 0 Å². The van der Waals surface area contributed by atoms with Crippen molar-refractivity contribution in [2.45, 2.75) is 6.54 Å². The van der Waals surface area contributed by atoms with Crippen LogP contribution >= 0.6 is 11.6 Å². The van der Waals surface area contributed by atoms with Crippen molar-refractivity contribution < 1.29 is 4.39 Å². The minimum atomic E-state index is -0.319. The van der Waals surface area contributed by atoms with Gasteiger partial charge in [-0.2, -0.15) is 0 Å². The highest BCUT2D eigenvalue weighted by molar-refractivity contribution is 6.31. The first kappa shape index (κ1) is 11.7. The maximum Gasteiger partial charge on any atom is 0.125 e. The van der Waals surface area contributed by atoms with E-state index in [1.807, 2.05) is 24.3 Å². The van der Waals surface area contributed by atoms with E-state index >= 15 is 0 Å². The van der Waals surface area contributed by atoms with Crippen LogP contribution < -0.4 is 11.1 Å². The molecule has 2 aromatic carbocycles. The maximum atomic E-state index is 13.0. The molecule has 0 spiro atoms. The number of halogens is 2. The second-order valence-corrected chi connectivity index (χ2v) is 4.08. The summed E-state index contributed by atoms with van der Waals surface area (Å²) in [5, 5.41) is 3.74. The number of nitrogens with two attached hydrogens (primary N) is 1. The number of benzene rings is 2. The monoisotopic (exact) mass is 250 g/mol. The lowest BCUT2D eigenvalue weighted by Crippen LogP contribution is -2.03. The van der Waals surface area contributed by atoms with Gasteiger partial charge in [-0.1, -0.05) is 29.8 Å². The Morgan fingerprint density at radius 3 is 2.71 bits per heavy atom. The van der Waals surface area contributed by atoms with Gasteiger partial charge in [-0.3, -0.25) is 0 Å². The lowest BCUT2D eigenvalue weighted by atomic mass is 10.2. The minimum absolute atomic E-state index is 0.319. The maximum absolute atomic E-state index is 13.0. The Kier molecular flexibility index (Phi) is 3.49. The molecule has 0 aromatic heterocycles. The van der Waals surface area contributed by atoms with Crippen LogP contribution in [0.3, 0.4) is 0 Å². The van der Waals surface area contributed by atoms with Gasteiger partial charge in [0, 0.05) is 11.6 Å². The molecule has 0 saturated carbocycles. The first-order valence-corrected chi connectivity index (χ1v) is 5.57. The van der Waals surface area contributed by atoms with Gasteiger partial charge in [0.1, 0.15) is 5.82 Å². The highest BCUT2D eigenvalue weighted by atomic mass is 35.5. The van der Waals surface area contributed by atoms with Crippen LogP contribution in [0, 0.1) is 5.82 Å². The van der Waals surface area contributed by atoms with Crippen molar-refractivity contribution in [2.75, 3.05) is 11.1 Å². The van der Waals surface area contributed by atoms with Crippen molar-refractivity contribution in [3.63, 3.8) is 0 Å². The Labute approximate surface area is 104 Å². The summed E-state index contributed by atoms with van der Waals surface area (Å²) < 4.78 is 13.0. The molecule has 2 rings (SSSR count). The summed E-state index contributed by atoms with van der Waals surface area (Å²) in [5.74, 6) is -0.319. The molecule has 0 atom stereocenters. The van der Waals surface area contributed by atoms with E-state index in [2.05, 4.69) is 5.32 Å². The van der Waals surface area contributed by atoms with Crippen LogP contribution in [0.4, 0.5) is 15.8 Å². The molecule has 0 bridgehead atoms. The molecule has 0 amide bonds. The van der Waals surface area contributed by atoms with Crippen LogP contribution in [0.5, 0.6) is 0 Å². The molecule has 17 heavy (non-hydrogen) atoms. The summed E-state index contributed by atoms with van der Waals surface area (Å²) in [6.07, 6.45) is 0. The van der Waals surface area contributed by atoms with Crippen LogP contribution in [0.25, 0.3) is 0 Å². The molecule has 88 valence electrons. The van der Waals surface area contributed by atoms with E-state index in [1.165, 1.54) is 18.2 Å². The molecule has 0 heterocycles. The Hall–Kier alpha value is -1.74. The van der Waals surface area contributed by atoms with Gasteiger partial charge in [-0.25, -0.2) is 4.39 Å². The molecule has 0 fully saturated rings. The molecule has 3 N–H and O–H groups in total. The molecule has 0 aliphatic carbocycles. The molecule has 4 heteroatoms. The third-order valence-electron chi connectivity index (χ3n) is 2.44. The fourth-order valence-electron chi connectivity index (χ4n) is 1.51. The molecule has 2 nitrogen and oxygen atoms in total. The predicted molar refractivity (Wildman–Crippen MR) is 69.6 cm³/mol. The van der Waals surface area contributed by atoms with Crippen molar-refractivity contribution in [3.8, 4) is 0 Å². The highest BCUT2D eigenvalue weighted by Gasteiger charge is 2.02. The number of nitrogen functional groups attached to an aromatic ring is 1. The van der Waals surface area contributed by atoms with E-state index in [4.69, 9.17) is 17.3 Å². The van der Waals surface area contributed by atoms with Crippen LogP contribution in [0.15, 0.2) is 42.5 Å². The molecule has 2 aromatic rings. The van der Waals surface area contributed by atoms with E-state index in [-0.39, 0.29) is 5.82 Å². The largest absolute Gasteiger partial charge is 0.397 e. The zero-order valence-electron chi connectivity index (χ0n) is 9.08. The summed E-state index contributed by atoms with van der Waals surface area (Å²) in [5.41, 5.74) is 7.76. The van der Waals surface area contributed by atoms with E-state index in [0.29, 0.717) is 22.9 Å². The van der Waals surface area contributed by atoms with Gasteiger partial charge in [-0.15, -0.1) is 0 Å². The summed E-state index contributed by atoms with van der Waals surface area (Å²) in [4.78, 5) is 0. The normalized spacial score (nSPS) is 10.2.